The van der Waals surface area contributed by atoms with Crippen LogP contribution in [-0.4, -0.2) is 48.3 Å². The number of carbonyl (C=O) groups is 1. The van der Waals surface area contributed by atoms with Gasteiger partial charge in [-0.1, -0.05) is 11.6 Å². The first-order valence-corrected chi connectivity index (χ1v) is 6.57. The third-order valence-electron chi connectivity index (χ3n) is 3.16. The molecule has 1 heterocycles. The van der Waals surface area contributed by atoms with Gasteiger partial charge in [-0.3, -0.25) is 0 Å². The third-order valence-corrected chi connectivity index (χ3v) is 3.39. The Morgan fingerprint density at radius 1 is 1.45 bits per heavy atom. The van der Waals surface area contributed by atoms with Crippen LogP contribution in [0.25, 0.3) is 10.9 Å². The van der Waals surface area contributed by atoms with E-state index in [0.717, 1.165) is 17.4 Å². The lowest BCUT2D eigenvalue weighted by Crippen LogP contribution is -2.20. The number of halogens is 1. The summed E-state index contributed by atoms with van der Waals surface area (Å²) in [7, 11) is 5.36. The predicted octanol–water partition coefficient (Wildman–Crippen LogP) is 2.56. The predicted molar refractivity (Wildman–Crippen MR) is 79.0 cm³/mol. The molecule has 20 heavy (non-hydrogen) atoms. The van der Waals surface area contributed by atoms with Crippen molar-refractivity contribution >= 4 is 28.5 Å². The quantitative estimate of drug-likeness (QED) is 0.921. The van der Waals surface area contributed by atoms with Crippen LogP contribution in [-0.2, 0) is 6.54 Å². The fourth-order valence-electron chi connectivity index (χ4n) is 2.24. The van der Waals surface area contributed by atoms with Crippen LogP contribution in [0.2, 0.25) is 5.02 Å². The fraction of sp³-hybridized carbons (Fsp3) is 0.357. The molecule has 0 aliphatic rings. The minimum Gasteiger partial charge on any atom is -0.494 e. The van der Waals surface area contributed by atoms with E-state index in [2.05, 4.69) is 0 Å². The topological polar surface area (TPSA) is 54.7 Å². The van der Waals surface area contributed by atoms with Gasteiger partial charge < -0.3 is 19.3 Å². The summed E-state index contributed by atoms with van der Waals surface area (Å²) in [5.41, 5.74) is 0.931. The highest BCUT2D eigenvalue weighted by Crippen LogP contribution is 2.34. The molecule has 1 aromatic carbocycles. The lowest BCUT2D eigenvalue weighted by molar-refractivity contribution is 0.0681. The summed E-state index contributed by atoms with van der Waals surface area (Å²) in [6.07, 6.45) is 0. The molecule has 0 unspecified atom stereocenters. The second-order valence-corrected chi connectivity index (χ2v) is 5.24. The van der Waals surface area contributed by atoms with Crippen molar-refractivity contribution in [3.63, 3.8) is 0 Å². The number of carboxylic acids is 1. The van der Waals surface area contributed by atoms with Crippen LogP contribution in [0, 0.1) is 0 Å². The Labute approximate surface area is 122 Å². The van der Waals surface area contributed by atoms with Gasteiger partial charge in [0.1, 0.15) is 0 Å². The number of benzene rings is 1. The number of rotatable bonds is 5. The van der Waals surface area contributed by atoms with E-state index in [0.29, 0.717) is 17.3 Å². The Morgan fingerprint density at radius 3 is 2.70 bits per heavy atom. The van der Waals surface area contributed by atoms with Crippen LogP contribution in [0.1, 0.15) is 10.5 Å². The lowest BCUT2D eigenvalue weighted by atomic mass is 10.2. The average molecular weight is 297 g/mol. The van der Waals surface area contributed by atoms with Gasteiger partial charge in [0, 0.05) is 23.5 Å². The van der Waals surface area contributed by atoms with Crippen molar-refractivity contribution in [3.8, 4) is 5.75 Å². The summed E-state index contributed by atoms with van der Waals surface area (Å²) < 4.78 is 7.03. The first kappa shape index (κ1) is 14.7. The van der Waals surface area contributed by atoms with Crippen molar-refractivity contribution in [2.45, 2.75) is 6.54 Å². The number of carboxylic acid groups (broad SMARTS) is 1. The Balaban J connectivity index is 2.69. The molecule has 0 radical (unpaired) electrons. The summed E-state index contributed by atoms with van der Waals surface area (Å²) in [5, 5.41) is 10.8. The van der Waals surface area contributed by atoms with Gasteiger partial charge in [0.05, 0.1) is 12.6 Å². The molecule has 0 atom stereocenters. The van der Waals surface area contributed by atoms with Crippen LogP contribution in [0.5, 0.6) is 5.75 Å². The van der Waals surface area contributed by atoms with Gasteiger partial charge in [-0.15, -0.1) is 0 Å². The standard InChI is InChI=1S/C14H17ClN2O3/c1-16(2)6-7-17-11-8-9(15)4-5-10(11)13(20-3)12(17)14(18)19/h4-5,8H,6-7H2,1-3H3,(H,18,19). The molecular formula is C14H17ClN2O3. The smallest absolute Gasteiger partial charge is 0.356 e. The van der Waals surface area contributed by atoms with E-state index in [1.54, 1.807) is 22.8 Å². The SMILES string of the molecule is COc1c(C(=O)O)n(CCN(C)C)c2cc(Cl)ccc12. The molecular weight excluding hydrogens is 280 g/mol. The summed E-state index contributed by atoms with van der Waals surface area (Å²) in [6.45, 7) is 1.27. The van der Waals surface area contributed by atoms with Crippen LogP contribution in [0.3, 0.4) is 0 Å². The highest BCUT2D eigenvalue weighted by atomic mass is 35.5. The van der Waals surface area contributed by atoms with Crippen molar-refractivity contribution in [2.75, 3.05) is 27.7 Å². The minimum atomic E-state index is -1.01. The van der Waals surface area contributed by atoms with Gasteiger partial charge in [-0.25, -0.2) is 4.79 Å². The first-order chi connectivity index (χ1) is 9.45. The number of nitrogens with zero attached hydrogens (tertiary/aromatic N) is 2. The number of ether oxygens (including phenoxy) is 1. The molecule has 0 spiro atoms. The normalized spacial score (nSPS) is 11.2. The maximum absolute atomic E-state index is 11.6. The molecule has 0 saturated carbocycles. The number of likely N-dealkylation sites (N-methyl/N-ethyl adjacent to an activating group) is 1. The Hall–Kier alpha value is -1.72. The minimum absolute atomic E-state index is 0.159. The second-order valence-electron chi connectivity index (χ2n) is 4.80. The van der Waals surface area contributed by atoms with Gasteiger partial charge in [-0.2, -0.15) is 0 Å². The van der Waals surface area contributed by atoms with E-state index in [1.165, 1.54) is 7.11 Å². The van der Waals surface area contributed by atoms with E-state index >= 15 is 0 Å². The Kier molecular flexibility index (Phi) is 4.20. The molecule has 1 N–H and O–H groups in total. The van der Waals surface area contributed by atoms with Gasteiger partial charge in [0.25, 0.3) is 0 Å². The zero-order chi connectivity index (χ0) is 14.9. The monoisotopic (exact) mass is 296 g/mol. The molecule has 2 rings (SSSR count). The van der Waals surface area contributed by atoms with Crippen molar-refractivity contribution < 1.29 is 14.6 Å². The molecule has 0 aliphatic heterocycles. The van der Waals surface area contributed by atoms with E-state index in [1.807, 2.05) is 19.0 Å². The number of methoxy groups -OCH3 is 1. The van der Waals surface area contributed by atoms with E-state index in [4.69, 9.17) is 16.3 Å². The van der Waals surface area contributed by atoms with Crippen molar-refractivity contribution in [1.82, 2.24) is 9.47 Å². The summed E-state index contributed by atoms with van der Waals surface area (Å²) >= 11 is 6.03. The number of fused-ring (bicyclic) bond motifs is 1. The van der Waals surface area contributed by atoms with Crippen molar-refractivity contribution in [3.05, 3.63) is 28.9 Å². The zero-order valence-electron chi connectivity index (χ0n) is 11.7. The molecule has 5 nitrogen and oxygen atoms in total. The van der Waals surface area contributed by atoms with E-state index < -0.39 is 5.97 Å². The number of aromatic carboxylic acids is 1. The molecule has 1 aromatic heterocycles. The number of hydrogen-bond acceptors (Lipinski definition) is 3. The van der Waals surface area contributed by atoms with E-state index in [-0.39, 0.29) is 5.69 Å². The molecule has 6 heteroatoms. The molecule has 0 aliphatic carbocycles. The fourth-order valence-corrected chi connectivity index (χ4v) is 2.41. The summed E-state index contributed by atoms with van der Waals surface area (Å²) in [4.78, 5) is 13.5. The highest BCUT2D eigenvalue weighted by Gasteiger charge is 2.23. The molecule has 108 valence electrons. The van der Waals surface area contributed by atoms with E-state index in [9.17, 15) is 9.90 Å². The van der Waals surface area contributed by atoms with Gasteiger partial charge >= 0.3 is 5.97 Å². The largest absolute Gasteiger partial charge is 0.494 e. The molecule has 0 bridgehead atoms. The van der Waals surface area contributed by atoms with Crippen LogP contribution >= 0.6 is 11.6 Å². The van der Waals surface area contributed by atoms with Crippen molar-refractivity contribution in [2.24, 2.45) is 0 Å². The van der Waals surface area contributed by atoms with Crippen LogP contribution in [0.4, 0.5) is 0 Å². The average Bonchev–Trinajstić information content (AvgIpc) is 2.69. The molecule has 0 amide bonds. The number of hydrogen-bond donors (Lipinski definition) is 1. The maximum atomic E-state index is 11.6. The van der Waals surface area contributed by atoms with Crippen molar-refractivity contribution in [1.29, 1.82) is 0 Å². The van der Waals surface area contributed by atoms with Gasteiger partial charge in [0.2, 0.25) is 0 Å². The summed E-state index contributed by atoms with van der Waals surface area (Å²) in [5.74, 6) is -0.629. The second kappa shape index (κ2) is 5.73. The lowest BCUT2D eigenvalue weighted by Gasteiger charge is -2.13. The Morgan fingerprint density at radius 2 is 2.15 bits per heavy atom. The first-order valence-electron chi connectivity index (χ1n) is 6.19. The maximum Gasteiger partial charge on any atom is 0.356 e. The van der Waals surface area contributed by atoms with Gasteiger partial charge in [0.15, 0.2) is 11.4 Å². The van der Waals surface area contributed by atoms with Crippen LogP contribution in [0.15, 0.2) is 18.2 Å². The highest BCUT2D eigenvalue weighted by molar-refractivity contribution is 6.31. The van der Waals surface area contributed by atoms with Gasteiger partial charge in [-0.05, 0) is 32.3 Å². The molecule has 0 saturated heterocycles. The number of aromatic nitrogens is 1. The molecule has 2 aromatic rings. The van der Waals surface area contributed by atoms with Crippen LogP contribution < -0.4 is 4.74 Å². The summed E-state index contributed by atoms with van der Waals surface area (Å²) in [6, 6.07) is 5.28. The third kappa shape index (κ3) is 2.59. The zero-order valence-corrected chi connectivity index (χ0v) is 12.4. The Bertz CT molecular complexity index is 649. The molecule has 0 fully saturated rings.